The number of carbonyl (C=O) groups is 1. The van der Waals surface area contributed by atoms with Crippen molar-refractivity contribution in [2.75, 3.05) is 45.6 Å². The average molecular weight is 293 g/mol. The molecule has 1 rings (SSSR count). The maximum atomic E-state index is 12.0. The molecule has 1 saturated heterocycles. The quantitative estimate of drug-likeness (QED) is 0.610. The van der Waals surface area contributed by atoms with E-state index in [1.165, 1.54) is 11.4 Å². The Kier molecular flexibility index (Phi) is 6.70. The first kappa shape index (κ1) is 16.4. The van der Waals surface area contributed by atoms with Gasteiger partial charge in [-0.1, -0.05) is 0 Å². The molecule has 1 amide bonds. The van der Waals surface area contributed by atoms with Gasteiger partial charge < -0.3 is 15.8 Å². The Morgan fingerprint density at radius 2 is 2.26 bits per heavy atom. The molecule has 0 saturated carbocycles. The van der Waals surface area contributed by atoms with Gasteiger partial charge in [-0.15, -0.1) is 0 Å². The summed E-state index contributed by atoms with van der Waals surface area (Å²) in [5.41, 5.74) is 5.32. The highest BCUT2D eigenvalue weighted by molar-refractivity contribution is 7.89. The summed E-state index contributed by atoms with van der Waals surface area (Å²) in [5.74, 6) is -0.435. The summed E-state index contributed by atoms with van der Waals surface area (Å²) in [5, 5.41) is 2.71. The smallest absolute Gasteiger partial charge is 0.224 e. The minimum atomic E-state index is -3.33. The van der Waals surface area contributed by atoms with E-state index in [4.69, 9.17) is 10.5 Å². The summed E-state index contributed by atoms with van der Waals surface area (Å²) in [6.07, 6.45) is 1.42. The molecular formula is C11H23N3O4S. The molecule has 0 spiro atoms. The predicted octanol–water partition coefficient (Wildman–Crippen LogP) is -1.25. The normalized spacial score (nSPS) is 21.3. The van der Waals surface area contributed by atoms with Crippen molar-refractivity contribution in [3.05, 3.63) is 0 Å². The van der Waals surface area contributed by atoms with Gasteiger partial charge in [0.25, 0.3) is 0 Å². The number of nitrogens with one attached hydrogen (secondary N) is 1. The van der Waals surface area contributed by atoms with Crippen LogP contribution in [0.15, 0.2) is 0 Å². The van der Waals surface area contributed by atoms with E-state index in [0.29, 0.717) is 32.5 Å². The SMILES string of the molecule is COCCS(=O)(=O)N1CCCC(C(=O)NCCN)C1. The maximum absolute atomic E-state index is 12.0. The van der Waals surface area contributed by atoms with E-state index >= 15 is 0 Å². The predicted molar refractivity (Wildman–Crippen MR) is 72.0 cm³/mol. The molecule has 19 heavy (non-hydrogen) atoms. The molecule has 1 aliphatic heterocycles. The lowest BCUT2D eigenvalue weighted by molar-refractivity contribution is -0.126. The summed E-state index contributed by atoms with van der Waals surface area (Å²) in [6.45, 7) is 1.71. The Bertz CT molecular complexity index is 385. The molecule has 112 valence electrons. The van der Waals surface area contributed by atoms with Crippen LogP contribution in [0.3, 0.4) is 0 Å². The lowest BCUT2D eigenvalue weighted by Gasteiger charge is -2.31. The minimum Gasteiger partial charge on any atom is -0.384 e. The third kappa shape index (κ3) is 5.06. The van der Waals surface area contributed by atoms with Gasteiger partial charge in [-0.2, -0.15) is 0 Å². The average Bonchev–Trinajstić information content (AvgIpc) is 2.42. The Morgan fingerprint density at radius 1 is 1.53 bits per heavy atom. The van der Waals surface area contributed by atoms with Crippen molar-refractivity contribution in [3.63, 3.8) is 0 Å². The zero-order chi connectivity index (χ0) is 14.3. The number of nitrogens with two attached hydrogens (primary N) is 1. The number of carbonyl (C=O) groups excluding carboxylic acids is 1. The molecule has 0 aromatic heterocycles. The first-order valence-electron chi connectivity index (χ1n) is 6.46. The third-order valence-corrected chi connectivity index (χ3v) is 4.94. The number of ether oxygens (including phenoxy) is 1. The van der Waals surface area contributed by atoms with Crippen LogP contribution in [-0.2, 0) is 19.6 Å². The number of amides is 1. The summed E-state index contributed by atoms with van der Waals surface area (Å²) in [7, 11) is -1.86. The largest absolute Gasteiger partial charge is 0.384 e. The van der Waals surface area contributed by atoms with Crippen molar-refractivity contribution in [1.29, 1.82) is 0 Å². The molecular weight excluding hydrogens is 270 g/mol. The molecule has 1 fully saturated rings. The van der Waals surface area contributed by atoms with Crippen LogP contribution < -0.4 is 11.1 Å². The Labute approximate surface area is 114 Å². The monoisotopic (exact) mass is 293 g/mol. The van der Waals surface area contributed by atoms with Crippen molar-refractivity contribution in [2.24, 2.45) is 11.7 Å². The van der Waals surface area contributed by atoms with Crippen LogP contribution in [0.1, 0.15) is 12.8 Å². The van der Waals surface area contributed by atoms with Crippen LogP contribution in [0.5, 0.6) is 0 Å². The maximum Gasteiger partial charge on any atom is 0.224 e. The fourth-order valence-electron chi connectivity index (χ4n) is 2.07. The third-order valence-electron chi connectivity index (χ3n) is 3.14. The highest BCUT2D eigenvalue weighted by atomic mass is 32.2. The number of hydrogen-bond acceptors (Lipinski definition) is 5. The van der Waals surface area contributed by atoms with Gasteiger partial charge in [0.1, 0.15) is 0 Å². The first-order chi connectivity index (χ1) is 9.01. The lowest BCUT2D eigenvalue weighted by Crippen LogP contribution is -2.47. The second-order valence-electron chi connectivity index (χ2n) is 4.59. The number of methoxy groups -OCH3 is 1. The molecule has 7 nitrogen and oxygen atoms in total. The van der Waals surface area contributed by atoms with E-state index in [1.54, 1.807) is 0 Å². The van der Waals surface area contributed by atoms with Crippen molar-refractivity contribution in [2.45, 2.75) is 12.8 Å². The van der Waals surface area contributed by atoms with Crippen molar-refractivity contribution < 1.29 is 17.9 Å². The van der Waals surface area contributed by atoms with Crippen LogP contribution in [0.25, 0.3) is 0 Å². The molecule has 3 N–H and O–H groups in total. The van der Waals surface area contributed by atoms with Crippen LogP contribution in [0.2, 0.25) is 0 Å². The number of sulfonamides is 1. The van der Waals surface area contributed by atoms with Gasteiger partial charge >= 0.3 is 0 Å². The first-order valence-corrected chi connectivity index (χ1v) is 8.06. The summed E-state index contributed by atoms with van der Waals surface area (Å²) in [4.78, 5) is 11.8. The van der Waals surface area contributed by atoms with Crippen LogP contribution in [0, 0.1) is 5.92 Å². The lowest BCUT2D eigenvalue weighted by atomic mass is 9.99. The number of piperidine rings is 1. The van der Waals surface area contributed by atoms with Gasteiger partial charge in [0, 0.05) is 33.3 Å². The van der Waals surface area contributed by atoms with Gasteiger partial charge in [-0.3, -0.25) is 4.79 Å². The molecule has 0 aromatic rings. The molecule has 1 aliphatic rings. The molecule has 0 aromatic carbocycles. The van der Waals surface area contributed by atoms with E-state index in [0.717, 1.165) is 0 Å². The van der Waals surface area contributed by atoms with Gasteiger partial charge in [0.05, 0.1) is 18.3 Å². The minimum absolute atomic E-state index is 0.0410. The Balaban J connectivity index is 2.56. The van der Waals surface area contributed by atoms with Crippen LogP contribution in [0.4, 0.5) is 0 Å². The zero-order valence-corrected chi connectivity index (χ0v) is 12.1. The molecule has 1 heterocycles. The van der Waals surface area contributed by atoms with Crippen LogP contribution in [-0.4, -0.2) is 64.3 Å². The molecule has 8 heteroatoms. The summed E-state index contributed by atoms with van der Waals surface area (Å²) >= 11 is 0. The zero-order valence-electron chi connectivity index (χ0n) is 11.3. The van der Waals surface area contributed by atoms with E-state index < -0.39 is 10.0 Å². The fraction of sp³-hybridized carbons (Fsp3) is 0.909. The summed E-state index contributed by atoms with van der Waals surface area (Å²) < 4.78 is 30.2. The van der Waals surface area contributed by atoms with Gasteiger partial charge in [-0.25, -0.2) is 12.7 Å². The number of hydrogen-bond donors (Lipinski definition) is 2. The standard InChI is InChI=1S/C11H23N3O4S/c1-18-7-8-19(16,17)14-6-2-3-10(9-14)11(15)13-5-4-12/h10H,2-9,12H2,1H3,(H,13,15). The van der Waals surface area contributed by atoms with Crippen molar-refractivity contribution in [3.8, 4) is 0 Å². The highest BCUT2D eigenvalue weighted by Crippen LogP contribution is 2.19. The van der Waals surface area contributed by atoms with Gasteiger partial charge in [0.15, 0.2) is 0 Å². The Morgan fingerprint density at radius 3 is 2.89 bits per heavy atom. The fourth-order valence-corrected chi connectivity index (χ4v) is 3.52. The van der Waals surface area contributed by atoms with E-state index in [1.807, 2.05) is 0 Å². The van der Waals surface area contributed by atoms with E-state index in [2.05, 4.69) is 5.32 Å². The second kappa shape index (κ2) is 7.78. The summed E-state index contributed by atoms with van der Waals surface area (Å²) in [6, 6.07) is 0. The molecule has 0 radical (unpaired) electrons. The topological polar surface area (TPSA) is 102 Å². The van der Waals surface area contributed by atoms with Gasteiger partial charge in [0.2, 0.25) is 15.9 Å². The molecule has 1 unspecified atom stereocenters. The van der Waals surface area contributed by atoms with E-state index in [-0.39, 0.29) is 30.7 Å². The second-order valence-corrected chi connectivity index (χ2v) is 6.67. The highest BCUT2D eigenvalue weighted by Gasteiger charge is 2.31. The van der Waals surface area contributed by atoms with Crippen molar-refractivity contribution >= 4 is 15.9 Å². The number of nitrogens with zero attached hydrogens (tertiary/aromatic N) is 1. The molecule has 0 aliphatic carbocycles. The van der Waals surface area contributed by atoms with Crippen LogP contribution >= 0.6 is 0 Å². The van der Waals surface area contributed by atoms with Gasteiger partial charge in [-0.05, 0) is 12.8 Å². The van der Waals surface area contributed by atoms with Crippen molar-refractivity contribution in [1.82, 2.24) is 9.62 Å². The van der Waals surface area contributed by atoms with E-state index in [9.17, 15) is 13.2 Å². The number of rotatable bonds is 7. The molecule has 0 bridgehead atoms. The Hall–Kier alpha value is -0.700. The molecule has 1 atom stereocenters.